The first-order valence-corrected chi connectivity index (χ1v) is 4.61. The summed E-state index contributed by atoms with van der Waals surface area (Å²) < 4.78 is 0. The molecule has 0 aliphatic heterocycles. The van der Waals surface area contributed by atoms with Gasteiger partial charge < -0.3 is 11.1 Å². The highest BCUT2D eigenvalue weighted by Crippen LogP contribution is 2.05. The lowest BCUT2D eigenvalue weighted by molar-refractivity contribution is 0.102. The Hall–Kier alpha value is -2.28. The molecule has 0 aliphatic rings. The van der Waals surface area contributed by atoms with Crippen molar-refractivity contribution in [2.45, 2.75) is 6.54 Å². The van der Waals surface area contributed by atoms with Crippen molar-refractivity contribution >= 4 is 11.7 Å². The Morgan fingerprint density at radius 2 is 2.31 bits per heavy atom. The van der Waals surface area contributed by atoms with Crippen LogP contribution in [0.4, 0.5) is 5.82 Å². The standard InChI is InChI=1S/C9H10N6O/c10-3-6-1-2-8(11-4-6)13-9(16)7-5-12-15-14-7/h1-2,4-5H,3,10H2,(H,11,13,16)(H,12,14,15). The summed E-state index contributed by atoms with van der Waals surface area (Å²) >= 11 is 0. The van der Waals surface area contributed by atoms with Gasteiger partial charge in [-0.2, -0.15) is 15.4 Å². The highest BCUT2D eigenvalue weighted by Gasteiger charge is 2.08. The smallest absolute Gasteiger partial charge is 0.278 e. The second-order valence-corrected chi connectivity index (χ2v) is 3.07. The van der Waals surface area contributed by atoms with Crippen LogP contribution in [-0.2, 0) is 6.54 Å². The molecule has 0 fully saturated rings. The second kappa shape index (κ2) is 4.49. The third kappa shape index (κ3) is 2.20. The number of H-pyrrole nitrogens is 1. The maximum absolute atomic E-state index is 11.5. The molecule has 7 heteroatoms. The van der Waals surface area contributed by atoms with E-state index in [0.29, 0.717) is 12.4 Å². The molecule has 2 aromatic heterocycles. The minimum atomic E-state index is -0.359. The van der Waals surface area contributed by atoms with Crippen LogP contribution in [0.2, 0.25) is 0 Å². The summed E-state index contributed by atoms with van der Waals surface area (Å²) in [7, 11) is 0. The van der Waals surface area contributed by atoms with Gasteiger partial charge in [-0.25, -0.2) is 4.98 Å². The van der Waals surface area contributed by atoms with E-state index in [2.05, 4.69) is 25.7 Å². The first-order chi connectivity index (χ1) is 7.79. The van der Waals surface area contributed by atoms with E-state index in [1.807, 2.05) is 0 Å². The van der Waals surface area contributed by atoms with Gasteiger partial charge >= 0.3 is 0 Å². The summed E-state index contributed by atoms with van der Waals surface area (Å²) in [5.74, 6) is 0.0898. The number of nitrogens with two attached hydrogens (primary N) is 1. The first kappa shape index (κ1) is 10.2. The third-order valence-corrected chi connectivity index (χ3v) is 1.95. The van der Waals surface area contributed by atoms with Crippen LogP contribution in [0.3, 0.4) is 0 Å². The van der Waals surface area contributed by atoms with E-state index in [9.17, 15) is 4.79 Å². The molecule has 0 unspecified atom stereocenters. The van der Waals surface area contributed by atoms with E-state index in [4.69, 9.17) is 5.73 Å². The molecule has 1 amide bonds. The van der Waals surface area contributed by atoms with Gasteiger partial charge in [0.25, 0.3) is 5.91 Å². The van der Waals surface area contributed by atoms with Gasteiger partial charge in [0, 0.05) is 12.7 Å². The summed E-state index contributed by atoms with van der Waals surface area (Å²) in [6.45, 7) is 0.421. The number of pyridine rings is 1. The molecule has 4 N–H and O–H groups in total. The number of nitrogens with zero attached hydrogens (tertiary/aromatic N) is 3. The zero-order chi connectivity index (χ0) is 11.4. The van der Waals surface area contributed by atoms with Gasteiger partial charge in [0.15, 0.2) is 5.69 Å². The molecular formula is C9H10N6O. The molecule has 2 aromatic rings. The molecule has 0 bridgehead atoms. The first-order valence-electron chi connectivity index (χ1n) is 4.61. The molecule has 0 atom stereocenters. The topological polar surface area (TPSA) is 110 Å². The number of aromatic nitrogens is 4. The van der Waals surface area contributed by atoms with Gasteiger partial charge in [0.1, 0.15) is 5.82 Å². The fraction of sp³-hybridized carbons (Fsp3) is 0.111. The number of rotatable bonds is 3. The van der Waals surface area contributed by atoms with Gasteiger partial charge in [0.2, 0.25) is 0 Å². The van der Waals surface area contributed by atoms with Gasteiger partial charge in [-0.15, -0.1) is 0 Å². The molecule has 0 saturated heterocycles. The molecule has 0 saturated carbocycles. The van der Waals surface area contributed by atoms with Crippen molar-refractivity contribution in [2.24, 2.45) is 5.73 Å². The molecule has 2 rings (SSSR count). The van der Waals surface area contributed by atoms with E-state index in [-0.39, 0.29) is 11.6 Å². The number of aromatic amines is 1. The van der Waals surface area contributed by atoms with Crippen molar-refractivity contribution < 1.29 is 4.79 Å². The maximum atomic E-state index is 11.5. The van der Waals surface area contributed by atoms with Crippen molar-refractivity contribution in [3.63, 3.8) is 0 Å². The number of hydrogen-bond acceptors (Lipinski definition) is 5. The average molecular weight is 218 g/mol. The highest BCUT2D eigenvalue weighted by molar-refractivity contribution is 6.01. The molecule has 0 radical (unpaired) electrons. The summed E-state index contributed by atoms with van der Waals surface area (Å²) in [6, 6.07) is 3.48. The molecule has 0 aromatic carbocycles. The largest absolute Gasteiger partial charge is 0.326 e. The second-order valence-electron chi connectivity index (χ2n) is 3.07. The zero-order valence-corrected chi connectivity index (χ0v) is 8.34. The minimum Gasteiger partial charge on any atom is -0.326 e. The summed E-state index contributed by atoms with van der Waals surface area (Å²) in [6.07, 6.45) is 2.95. The zero-order valence-electron chi connectivity index (χ0n) is 8.34. The average Bonchev–Trinajstić information content (AvgIpc) is 2.83. The SMILES string of the molecule is NCc1ccc(NC(=O)c2cn[nH]n2)nc1. The van der Waals surface area contributed by atoms with E-state index in [0.717, 1.165) is 5.56 Å². The van der Waals surface area contributed by atoms with E-state index >= 15 is 0 Å². The summed E-state index contributed by atoms with van der Waals surface area (Å²) in [5, 5.41) is 12.1. The van der Waals surface area contributed by atoms with Crippen molar-refractivity contribution in [3.05, 3.63) is 35.8 Å². The van der Waals surface area contributed by atoms with Gasteiger partial charge in [0.05, 0.1) is 6.20 Å². The van der Waals surface area contributed by atoms with Crippen LogP contribution in [-0.4, -0.2) is 26.3 Å². The molecule has 16 heavy (non-hydrogen) atoms. The fourth-order valence-electron chi connectivity index (χ4n) is 1.11. The lowest BCUT2D eigenvalue weighted by Gasteiger charge is -2.02. The van der Waals surface area contributed by atoms with Crippen LogP contribution in [0.5, 0.6) is 0 Å². The number of amides is 1. The highest BCUT2D eigenvalue weighted by atomic mass is 16.2. The number of nitrogens with one attached hydrogen (secondary N) is 2. The predicted molar refractivity (Wildman–Crippen MR) is 56.5 cm³/mol. The minimum absolute atomic E-state index is 0.213. The third-order valence-electron chi connectivity index (χ3n) is 1.95. The van der Waals surface area contributed by atoms with Crippen LogP contribution in [0.15, 0.2) is 24.5 Å². The number of hydrogen-bond donors (Lipinski definition) is 3. The Kier molecular flexibility index (Phi) is 2.88. The molecular weight excluding hydrogens is 208 g/mol. The summed E-state index contributed by atoms with van der Waals surface area (Å²) in [5.41, 5.74) is 6.54. The van der Waals surface area contributed by atoms with E-state index in [1.54, 1.807) is 18.3 Å². The quantitative estimate of drug-likeness (QED) is 0.667. The molecule has 2 heterocycles. The van der Waals surface area contributed by atoms with Gasteiger partial charge in [-0.3, -0.25) is 4.79 Å². The van der Waals surface area contributed by atoms with E-state index in [1.165, 1.54) is 6.20 Å². The van der Waals surface area contributed by atoms with E-state index < -0.39 is 0 Å². The lowest BCUT2D eigenvalue weighted by Crippen LogP contribution is -2.13. The predicted octanol–water partition coefficient (Wildman–Crippen LogP) is -0.0893. The Labute approximate surface area is 91.1 Å². The Balaban J connectivity index is 2.06. The van der Waals surface area contributed by atoms with Crippen LogP contribution in [0, 0.1) is 0 Å². The van der Waals surface area contributed by atoms with Crippen molar-refractivity contribution in [1.82, 2.24) is 20.4 Å². The van der Waals surface area contributed by atoms with Crippen LogP contribution in [0.1, 0.15) is 16.1 Å². The number of carbonyl (C=O) groups is 1. The molecule has 0 aliphatic carbocycles. The molecule has 82 valence electrons. The number of carbonyl (C=O) groups excluding carboxylic acids is 1. The Bertz CT molecular complexity index is 463. The Morgan fingerprint density at radius 1 is 1.44 bits per heavy atom. The maximum Gasteiger partial charge on any atom is 0.278 e. The van der Waals surface area contributed by atoms with Crippen molar-refractivity contribution in [1.29, 1.82) is 0 Å². The van der Waals surface area contributed by atoms with Crippen LogP contribution >= 0.6 is 0 Å². The van der Waals surface area contributed by atoms with Gasteiger partial charge in [-0.1, -0.05) is 6.07 Å². The van der Waals surface area contributed by atoms with Crippen molar-refractivity contribution in [2.75, 3.05) is 5.32 Å². The fourth-order valence-corrected chi connectivity index (χ4v) is 1.11. The van der Waals surface area contributed by atoms with Gasteiger partial charge in [-0.05, 0) is 11.6 Å². The number of anilines is 1. The van der Waals surface area contributed by atoms with Crippen LogP contribution < -0.4 is 11.1 Å². The monoisotopic (exact) mass is 218 g/mol. The van der Waals surface area contributed by atoms with Crippen LogP contribution in [0.25, 0.3) is 0 Å². The normalized spacial score (nSPS) is 10.1. The van der Waals surface area contributed by atoms with Crippen molar-refractivity contribution in [3.8, 4) is 0 Å². The summed E-state index contributed by atoms with van der Waals surface area (Å²) in [4.78, 5) is 15.6. The molecule has 0 spiro atoms. The lowest BCUT2D eigenvalue weighted by atomic mass is 10.3. The Morgan fingerprint density at radius 3 is 2.88 bits per heavy atom. The molecule has 7 nitrogen and oxygen atoms in total.